The maximum Gasteiger partial charge on any atom is 0.309 e. The molecule has 1 saturated carbocycles. The second kappa shape index (κ2) is 12.4. The quantitative estimate of drug-likeness (QED) is 0.301. The van der Waals surface area contributed by atoms with Crippen molar-refractivity contribution in [1.82, 2.24) is 14.6 Å². The smallest absolute Gasteiger partial charge is 0.309 e. The van der Waals surface area contributed by atoms with Gasteiger partial charge in [0, 0.05) is 35.6 Å². The van der Waals surface area contributed by atoms with Crippen LogP contribution in [-0.2, 0) is 21.0 Å². The van der Waals surface area contributed by atoms with E-state index >= 15 is 0 Å². The van der Waals surface area contributed by atoms with Crippen molar-refractivity contribution in [3.05, 3.63) is 35.5 Å². The van der Waals surface area contributed by atoms with E-state index in [2.05, 4.69) is 20.5 Å². The SMILES string of the molecule is C=S(=O)(NC(C)(C)C)c1ccc(-c2cc(C(=O)NCCC(C)(C)C(=O)O)c(C)n2CC2CCCCC2)cc1OC. The van der Waals surface area contributed by atoms with Crippen molar-refractivity contribution in [3.63, 3.8) is 0 Å². The zero-order valence-corrected chi connectivity index (χ0v) is 26.0. The topological polar surface area (TPSA) is 110 Å². The second-order valence-corrected chi connectivity index (χ2v) is 14.7. The van der Waals surface area contributed by atoms with Gasteiger partial charge < -0.3 is 19.7 Å². The number of methoxy groups -OCH3 is 1. The van der Waals surface area contributed by atoms with Gasteiger partial charge in [0.25, 0.3) is 5.91 Å². The zero-order chi connectivity index (χ0) is 29.9. The fourth-order valence-electron chi connectivity index (χ4n) is 5.32. The van der Waals surface area contributed by atoms with E-state index in [-0.39, 0.29) is 12.5 Å². The van der Waals surface area contributed by atoms with E-state index in [1.54, 1.807) is 27.0 Å². The van der Waals surface area contributed by atoms with Crippen molar-refractivity contribution in [1.29, 1.82) is 0 Å². The number of hydrogen-bond acceptors (Lipinski definition) is 4. The lowest BCUT2D eigenvalue weighted by Gasteiger charge is -2.26. The van der Waals surface area contributed by atoms with Crippen molar-refractivity contribution in [3.8, 4) is 17.0 Å². The summed E-state index contributed by atoms with van der Waals surface area (Å²) in [5, 5.41) is 12.3. The van der Waals surface area contributed by atoms with E-state index in [1.807, 2.05) is 45.9 Å². The lowest BCUT2D eigenvalue weighted by Crippen LogP contribution is -2.40. The summed E-state index contributed by atoms with van der Waals surface area (Å²) in [6.07, 6.45) is 6.34. The van der Waals surface area contributed by atoms with Crippen molar-refractivity contribution < 1.29 is 23.6 Å². The molecular weight excluding hydrogens is 526 g/mol. The van der Waals surface area contributed by atoms with Crippen LogP contribution in [0.25, 0.3) is 11.3 Å². The Bertz CT molecular complexity index is 1330. The molecule has 1 unspecified atom stereocenters. The Kier molecular flexibility index (Phi) is 9.83. The van der Waals surface area contributed by atoms with Crippen LogP contribution in [0.15, 0.2) is 29.2 Å². The van der Waals surface area contributed by atoms with E-state index < -0.39 is 26.6 Å². The maximum absolute atomic E-state index is 13.5. The van der Waals surface area contributed by atoms with Crippen LogP contribution in [0.1, 0.15) is 89.2 Å². The van der Waals surface area contributed by atoms with Gasteiger partial charge in [0.15, 0.2) is 0 Å². The van der Waals surface area contributed by atoms with Gasteiger partial charge in [-0.15, -0.1) is 0 Å². The molecule has 40 heavy (non-hydrogen) atoms. The van der Waals surface area contributed by atoms with Crippen LogP contribution < -0.4 is 14.8 Å². The summed E-state index contributed by atoms with van der Waals surface area (Å²) < 4.78 is 24.6. The third-order valence-corrected chi connectivity index (χ3v) is 9.67. The van der Waals surface area contributed by atoms with Crippen molar-refractivity contribution in [2.75, 3.05) is 13.7 Å². The number of nitrogens with one attached hydrogen (secondary N) is 2. The molecule has 8 nitrogen and oxygen atoms in total. The number of carboxylic acid groups (broad SMARTS) is 1. The van der Waals surface area contributed by atoms with Gasteiger partial charge in [0.1, 0.15) is 5.75 Å². The van der Waals surface area contributed by atoms with Crippen LogP contribution in [0, 0.1) is 18.3 Å². The van der Waals surface area contributed by atoms with E-state index in [1.165, 1.54) is 19.3 Å². The zero-order valence-electron chi connectivity index (χ0n) is 25.2. The molecule has 0 spiro atoms. The van der Waals surface area contributed by atoms with Gasteiger partial charge in [-0.05, 0) is 90.8 Å². The van der Waals surface area contributed by atoms with E-state index in [9.17, 15) is 18.9 Å². The molecule has 9 heteroatoms. The number of hydrogen-bond donors (Lipinski definition) is 3. The Morgan fingerprint density at radius 1 is 1.12 bits per heavy atom. The summed E-state index contributed by atoms with van der Waals surface area (Å²) in [6.45, 7) is 12.2. The van der Waals surface area contributed by atoms with Crippen LogP contribution >= 0.6 is 0 Å². The van der Waals surface area contributed by atoms with Crippen LogP contribution in [0.3, 0.4) is 0 Å². The lowest BCUT2D eigenvalue weighted by atomic mass is 9.89. The molecule has 1 aliphatic rings. The monoisotopic (exact) mass is 573 g/mol. The van der Waals surface area contributed by atoms with Gasteiger partial charge in [-0.25, -0.2) is 8.93 Å². The number of benzene rings is 1. The normalized spacial score (nSPS) is 16.4. The average Bonchev–Trinajstić information content (AvgIpc) is 3.18. The molecule has 1 amide bonds. The minimum atomic E-state index is -2.83. The van der Waals surface area contributed by atoms with E-state index in [0.29, 0.717) is 28.5 Å². The van der Waals surface area contributed by atoms with Crippen LogP contribution in [-0.4, -0.2) is 50.8 Å². The highest BCUT2D eigenvalue weighted by atomic mass is 32.2. The fourth-order valence-corrected chi connectivity index (χ4v) is 7.17. The molecule has 0 radical (unpaired) electrons. The first-order chi connectivity index (χ1) is 18.6. The molecule has 2 aromatic rings. The molecule has 3 N–H and O–H groups in total. The lowest BCUT2D eigenvalue weighted by molar-refractivity contribution is -0.147. The summed E-state index contributed by atoms with van der Waals surface area (Å²) in [6, 6.07) is 7.48. The fraction of sp³-hybridized carbons (Fsp3) is 0.581. The summed E-state index contributed by atoms with van der Waals surface area (Å²) in [7, 11) is -1.27. The minimum Gasteiger partial charge on any atom is -0.495 e. The van der Waals surface area contributed by atoms with Gasteiger partial charge in [0.2, 0.25) is 0 Å². The van der Waals surface area contributed by atoms with Gasteiger partial charge in [-0.2, -0.15) is 0 Å². The van der Waals surface area contributed by atoms with Crippen molar-refractivity contribution in [2.24, 2.45) is 11.3 Å². The molecule has 0 saturated heterocycles. The molecule has 1 fully saturated rings. The number of amides is 1. The van der Waals surface area contributed by atoms with Crippen molar-refractivity contribution >= 4 is 27.5 Å². The Hall–Kier alpha value is -2.78. The highest BCUT2D eigenvalue weighted by Gasteiger charge is 2.28. The number of carbonyl (C=O) groups is 2. The molecular formula is C31H47N3O5S. The Labute approximate surface area is 240 Å². The predicted molar refractivity (Wildman–Crippen MR) is 163 cm³/mol. The van der Waals surface area contributed by atoms with Gasteiger partial charge >= 0.3 is 5.97 Å². The highest BCUT2D eigenvalue weighted by molar-refractivity contribution is 7.98. The summed E-state index contributed by atoms with van der Waals surface area (Å²) in [5.74, 6) is 3.86. The number of carboxylic acids is 1. The standard InChI is InChI=1S/C31H47N3O5S/c1-21-24(28(35)32-17-16-31(5,6)29(36)37)19-25(34(21)20-22-12-10-9-11-13-22)23-14-15-27(26(18-23)39-7)40(8,38)33-30(2,3)4/h14-15,18-19,22H,8-13,16-17,20H2,1-7H3,(H,32,35)(H,33,38)(H,36,37). The third kappa shape index (κ3) is 7.69. The van der Waals surface area contributed by atoms with E-state index in [0.717, 1.165) is 36.3 Å². The number of ether oxygens (including phenoxy) is 1. The Morgan fingerprint density at radius 3 is 2.35 bits per heavy atom. The minimum absolute atomic E-state index is 0.221. The molecule has 1 atom stereocenters. The van der Waals surface area contributed by atoms with Gasteiger partial charge in [-0.1, -0.05) is 25.3 Å². The Morgan fingerprint density at radius 2 is 1.77 bits per heavy atom. The van der Waals surface area contributed by atoms with Crippen LogP contribution in [0.5, 0.6) is 5.75 Å². The number of rotatable bonds is 11. The number of carbonyl (C=O) groups excluding carboxylic acids is 1. The van der Waals surface area contributed by atoms with Gasteiger partial charge in [-0.3, -0.25) is 9.59 Å². The molecule has 1 aliphatic carbocycles. The van der Waals surface area contributed by atoms with Crippen LogP contribution in [0.2, 0.25) is 0 Å². The first-order valence-electron chi connectivity index (χ1n) is 14.1. The number of aromatic nitrogens is 1. The molecule has 1 aromatic heterocycles. The molecule has 0 bridgehead atoms. The highest BCUT2D eigenvalue weighted by Crippen LogP contribution is 2.35. The summed E-state index contributed by atoms with van der Waals surface area (Å²) in [4.78, 5) is 25.3. The number of nitrogens with zero attached hydrogens (tertiary/aromatic N) is 1. The first-order valence-corrected chi connectivity index (χ1v) is 15.8. The Balaban J connectivity index is 2.00. The summed E-state index contributed by atoms with van der Waals surface area (Å²) in [5.41, 5.74) is 1.86. The molecule has 1 aromatic carbocycles. The molecule has 1 heterocycles. The number of aliphatic carboxylic acids is 1. The van der Waals surface area contributed by atoms with E-state index in [4.69, 9.17) is 4.74 Å². The average molecular weight is 574 g/mol. The second-order valence-electron chi connectivity index (χ2n) is 12.7. The maximum atomic E-state index is 13.5. The molecule has 0 aliphatic heterocycles. The summed E-state index contributed by atoms with van der Waals surface area (Å²) >= 11 is 0. The third-order valence-electron chi connectivity index (χ3n) is 7.68. The first kappa shape index (κ1) is 31.7. The largest absolute Gasteiger partial charge is 0.495 e. The molecule has 222 valence electrons. The molecule has 3 rings (SSSR count). The predicted octanol–water partition coefficient (Wildman–Crippen LogP) is 5.66. The van der Waals surface area contributed by atoms with Crippen molar-refractivity contribution in [2.45, 2.75) is 97.0 Å². The van der Waals surface area contributed by atoms with Crippen LogP contribution in [0.4, 0.5) is 0 Å². The van der Waals surface area contributed by atoms with Gasteiger partial charge in [0.05, 0.1) is 32.7 Å².